The zero-order chi connectivity index (χ0) is 17.6. The molecule has 0 aliphatic carbocycles. The van der Waals surface area contributed by atoms with Crippen molar-refractivity contribution in [1.82, 2.24) is 4.98 Å². The molecule has 0 atom stereocenters. The molecule has 128 valence electrons. The second-order valence-electron chi connectivity index (χ2n) is 5.19. The summed E-state index contributed by atoms with van der Waals surface area (Å²) >= 11 is 1.52. The van der Waals surface area contributed by atoms with E-state index in [1.54, 1.807) is 26.2 Å². The molecule has 3 rings (SSSR count). The molecule has 0 unspecified atom stereocenters. The van der Waals surface area contributed by atoms with Crippen molar-refractivity contribution in [1.29, 1.82) is 0 Å². The Hall–Kier alpha value is -2.86. The summed E-state index contributed by atoms with van der Waals surface area (Å²) in [5, 5.41) is 6.01. The maximum Gasteiger partial charge on any atom is 0.338 e. The van der Waals surface area contributed by atoms with Crippen molar-refractivity contribution in [2.24, 2.45) is 0 Å². The summed E-state index contributed by atoms with van der Waals surface area (Å²) in [4.78, 5) is 16.3. The molecule has 1 N–H and O–H groups in total. The summed E-state index contributed by atoms with van der Waals surface area (Å²) < 4.78 is 10.2. The first-order chi connectivity index (χ1) is 12.2. The number of nitrogens with zero attached hydrogens (tertiary/aromatic N) is 1. The van der Waals surface area contributed by atoms with Crippen molar-refractivity contribution < 1.29 is 14.3 Å². The lowest BCUT2D eigenvalue weighted by Crippen LogP contribution is -2.04. The van der Waals surface area contributed by atoms with Gasteiger partial charge in [0.15, 0.2) is 5.13 Å². The summed E-state index contributed by atoms with van der Waals surface area (Å²) in [6, 6.07) is 14.9. The maximum absolute atomic E-state index is 11.7. The molecule has 6 heteroatoms. The minimum Gasteiger partial charge on any atom is -0.497 e. The highest BCUT2D eigenvalue weighted by Gasteiger charge is 2.08. The van der Waals surface area contributed by atoms with Crippen LogP contribution in [0.15, 0.2) is 53.9 Å². The first kappa shape index (κ1) is 17.0. The number of rotatable bonds is 6. The van der Waals surface area contributed by atoms with Crippen molar-refractivity contribution in [2.75, 3.05) is 19.0 Å². The average Bonchev–Trinajstić information content (AvgIpc) is 3.11. The Kier molecular flexibility index (Phi) is 5.30. The summed E-state index contributed by atoms with van der Waals surface area (Å²) in [5.41, 5.74) is 3.28. The highest BCUT2D eigenvalue weighted by Crippen LogP contribution is 2.29. The first-order valence-electron chi connectivity index (χ1n) is 7.83. The summed E-state index contributed by atoms with van der Waals surface area (Å²) in [7, 11) is 1.65. The lowest BCUT2D eigenvalue weighted by Gasteiger charge is -2.05. The fourth-order valence-corrected chi connectivity index (χ4v) is 3.01. The largest absolute Gasteiger partial charge is 0.497 e. The standard InChI is InChI=1S/C19H18N2O3S/c1-3-24-18(22)13-7-9-15(10-8-13)20-19-21-17(12-25-19)14-5-4-6-16(11-14)23-2/h4-12H,3H2,1-2H3,(H,20,21). The molecule has 0 saturated heterocycles. The number of carbonyl (C=O) groups is 1. The van der Waals surface area contributed by atoms with Crippen LogP contribution in [0.1, 0.15) is 17.3 Å². The number of thiazole rings is 1. The highest BCUT2D eigenvalue weighted by atomic mass is 32.1. The van der Waals surface area contributed by atoms with Gasteiger partial charge in [-0.15, -0.1) is 11.3 Å². The third-order valence-electron chi connectivity index (χ3n) is 3.52. The number of aromatic nitrogens is 1. The highest BCUT2D eigenvalue weighted by molar-refractivity contribution is 7.14. The van der Waals surface area contributed by atoms with E-state index < -0.39 is 0 Å². The Bertz CT molecular complexity index is 859. The predicted octanol–water partition coefficient (Wildman–Crippen LogP) is 4.74. The molecule has 0 fully saturated rings. The molecular formula is C19H18N2O3S. The van der Waals surface area contributed by atoms with Gasteiger partial charge in [0.2, 0.25) is 0 Å². The number of hydrogen-bond donors (Lipinski definition) is 1. The van der Waals surface area contributed by atoms with Crippen LogP contribution in [0.3, 0.4) is 0 Å². The number of carbonyl (C=O) groups excluding carboxylic acids is 1. The molecular weight excluding hydrogens is 336 g/mol. The van der Waals surface area contributed by atoms with Gasteiger partial charge < -0.3 is 14.8 Å². The van der Waals surface area contributed by atoms with E-state index >= 15 is 0 Å². The predicted molar refractivity (Wildman–Crippen MR) is 99.8 cm³/mol. The zero-order valence-electron chi connectivity index (χ0n) is 14.0. The summed E-state index contributed by atoms with van der Waals surface area (Å²) in [5.74, 6) is 0.484. The Morgan fingerprint density at radius 3 is 2.72 bits per heavy atom. The van der Waals surface area contributed by atoms with Crippen molar-refractivity contribution in [3.05, 3.63) is 59.5 Å². The smallest absolute Gasteiger partial charge is 0.338 e. The van der Waals surface area contributed by atoms with Crippen molar-refractivity contribution in [2.45, 2.75) is 6.92 Å². The number of ether oxygens (including phenoxy) is 2. The second-order valence-corrected chi connectivity index (χ2v) is 6.05. The molecule has 0 aliphatic rings. The third kappa shape index (κ3) is 4.16. The van der Waals surface area contributed by atoms with Crippen molar-refractivity contribution in [3.8, 4) is 17.0 Å². The van der Waals surface area contributed by atoms with E-state index in [0.717, 1.165) is 27.8 Å². The van der Waals surface area contributed by atoms with Crippen LogP contribution in [0, 0.1) is 0 Å². The van der Waals surface area contributed by atoms with Gasteiger partial charge in [0.05, 0.1) is 25.0 Å². The number of hydrogen-bond acceptors (Lipinski definition) is 6. The number of benzene rings is 2. The van der Waals surface area contributed by atoms with Gasteiger partial charge in [-0.05, 0) is 43.3 Å². The van der Waals surface area contributed by atoms with E-state index in [2.05, 4.69) is 10.3 Å². The third-order valence-corrected chi connectivity index (χ3v) is 4.27. The zero-order valence-corrected chi connectivity index (χ0v) is 14.8. The summed E-state index contributed by atoms with van der Waals surface area (Å²) in [6.45, 7) is 2.15. The van der Waals surface area contributed by atoms with E-state index in [1.165, 1.54) is 11.3 Å². The normalized spacial score (nSPS) is 10.3. The number of nitrogens with one attached hydrogen (secondary N) is 1. The molecule has 0 amide bonds. The monoisotopic (exact) mass is 354 g/mol. The van der Waals surface area contributed by atoms with Gasteiger partial charge >= 0.3 is 5.97 Å². The number of esters is 1. The molecule has 0 aliphatic heterocycles. The molecule has 1 heterocycles. The van der Waals surface area contributed by atoms with E-state index in [-0.39, 0.29) is 5.97 Å². The van der Waals surface area contributed by atoms with Crippen LogP contribution >= 0.6 is 11.3 Å². The fourth-order valence-electron chi connectivity index (χ4n) is 2.27. The van der Waals surface area contributed by atoms with Crippen LogP contribution in [-0.2, 0) is 4.74 Å². The van der Waals surface area contributed by atoms with Crippen LogP contribution in [0.5, 0.6) is 5.75 Å². The Morgan fingerprint density at radius 1 is 1.20 bits per heavy atom. The Labute approximate surface area is 150 Å². The van der Waals surface area contributed by atoms with Gasteiger partial charge in [0.25, 0.3) is 0 Å². The van der Waals surface area contributed by atoms with Gasteiger partial charge in [-0.3, -0.25) is 0 Å². The van der Waals surface area contributed by atoms with E-state index in [4.69, 9.17) is 9.47 Å². The van der Waals surface area contributed by atoms with Crippen LogP contribution in [0.2, 0.25) is 0 Å². The number of methoxy groups -OCH3 is 1. The molecule has 25 heavy (non-hydrogen) atoms. The SMILES string of the molecule is CCOC(=O)c1ccc(Nc2nc(-c3cccc(OC)c3)cs2)cc1. The quantitative estimate of drug-likeness (QED) is 0.648. The summed E-state index contributed by atoms with van der Waals surface area (Å²) in [6.07, 6.45) is 0. The fraction of sp³-hybridized carbons (Fsp3) is 0.158. The van der Waals surface area contributed by atoms with Crippen molar-refractivity contribution >= 4 is 28.1 Å². The number of anilines is 2. The lowest BCUT2D eigenvalue weighted by atomic mass is 10.2. The van der Waals surface area contributed by atoms with Crippen molar-refractivity contribution in [3.63, 3.8) is 0 Å². The van der Waals surface area contributed by atoms with E-state index in [1.807, 2.05) is 41.8 Å². The molecule has 0 spiro atoms. The van der Waals surface area contributed by atoms with Gasteiger partial charge in [0, 0.05) is 16.6 Å². The van der Waals surface area contributed by atoms with Gasteiger partial charge in [-0.1, -0.05) is 12.1 Å². The molecule has 5 nitrogen and oxygen atoms in total. The van der Waals surface area contributed by atoms with Crippen LogP contribution in [-0.4, -0.2) is 24.7 Å². The molecule has 1 aromatic heterocycles. The van der Waals surface area contributed by atoms with Gasteiger partial charge in [0.1, 0.15) is 5.75 Å². The molecule has 0 saturated carbocycles. The minimum atomic E-state index is -0.316. The lowest BCUT2D eigenvalue weighted by molar-refractivity contribution is 0.0526. The van der Waals surface area contributed by atoms with Crippen LogP contribution in [0.4, 0.5) is 10.8 Å². The maximum atomic E-state index is 11.7. The Balaban J connectivity index is 1.72. The van der Waals surface area contributed by atoms with E-state index in [0.29, 0.717) is 12.2 Å². The molecule has 0 radical (unpaired) electrons. The van der Waals surface area contributed by atoms with Crippen LogP contribution < -0.4 is 10.1 Å². The van der Waals surface area contributed by atoms with Gasteiger partial charge in [-0.2, -0.15) is 0 Å². The molecule has 0 bridgehead atoms. The van der Waals surface area contributed by atoms with Gasteiger partial charge in [-0.25, -0.2) is 9.78 Å². The topological polar surface area (TPSA) is 60.5 Å². The average molecular weight is 354 g/mol. The molecule has 2 aromatic carbocycles. The van der Waals surface area contributed by atoms with Crippen LogP contribution in [0.25, 0.3) is 11.3 Å². The minimum absolute atomic E-state index is 0.316. The first-order valence-corrected chi connectivity index (χ1v) is 8.71. The van der Waals surface area contributed by atoms with E-state index in [9.17, 15) is 4.79 Å². The molecule has 3 aromatic rings. The Morgan fingerprint density at radius 2 is 2.00 bits per heavy atom. The second kappa shape index (κ2) is 7.81.